The van der Waals surface area contributed by atoms with Crippen LogP contribution in [0.4, 0.5) is 0 Å². The number of amides is 1. The van der Waals surface area contributed by atoms with Crippen LogP contribution in [0.3, 0.4) is 0 Å². The van der Waals surface area contributed by atoms with E-state index < -0.39 is 10.0 Å². The Morgan fingerprint density at radius 2 is 1.91 bits per heavy atom. The van der Waals surface area contributed by atoms with Crippen LogP contribution < -0.4 is 5.32 Å². The van der Waals surface area contributed by atoms with Crippen LogP contribution in [0.2, 0.25) is 5.02 Å². The zero-order valence-electron chi connectivity index (χ0n) is 17.5. The number of hydrogen-bond acceptors (Lipinski definition) is 6. The highest BCUT2D eigenvalue weighted by atomic mass is 35.5. The summed E-state index contributed by atoms with van der Waals surface area (Å²) in [5, 5.41) is 6.90. The Labute approximate surface area is 191 Å². The Balaban J connectivity index is 1.42. The van der Waals surface area contributed by atoms with Crippen molar-refractivity contribution in [2.45, 2.75) is 31.2 Å². The molecule has 4 rings (SSSR count). The highest BCUT2D eigenvalue weighted by Crippen LogP contribution is 2.31. The third kappa shape index (κ3) is 4.85. The van der Waals surface area contributed by atoms with E-state index in [-0.39, 0.29) is 34.8 Å². The maximum absolute atomic E-state index is 13.3. The SMILES string of the molecule is Cc1nc(-c2ccc(Cl)c(S(=O)(=O)N3CCC(C(=O)NCc4ccccc4)CC3)c2)no1. The second-order valence-corrected chi connectivity index (χ2v) is 9.98. The highest BCUT2D eigenvalue weighted by molar-refractivity contribution is 7.89. The lowest BCUT2D eigenvalue weighted by Crippen LogP contribution is -2.42. The molecule has 32 heavy (non-hydrogen) atoms. The molecule has 1 aromatic heterocycles. The molecule has 2 heterocycles. The molecule has 8 nitrogen and oxygen atoms in total. The van der Waals surface area contributed by atoms with Crippen LogP contribution in [0, 0.1) is 12.8 Å². The third-order valence-electron chi connectivity index (χ3n) is 5.47. The molecule has 3 aromatic rings. The van der Waals surface area contributed by atoms with Gasteiger partial charge in [-0.05, 0) is 36.6 Å². The Morgan fingerprint density at radius 1 is 1.19 bits per heavy atom. The van der Waals surface area contributed by atoms with Gasteiger partial charge in [-0.2, -0.15) is 9.29 Å². The van der Waals surface area contributed by atoms with Crippen molar-refractivity contribution in [2.75, 3.05) is 13.1 Å². The van der Waals surface area contributed by atoms with Crippen molar-refractivity contribution in [1.29, 1.82) is 0 Å². The van der Waals surface area contributed by atoms with E-state index in [2.05, 4.69) is 15.5 Å². The minimum atomic E-state index is -3.84. The molecule has 1 aliphatic heterocycles. The minimum Gasteiger partial charge on any atom is -0.352 e. The topological polar surface area (TPSA) is 105 Å². The number of halogens is 1. The lowest BCUT2D eigenvalue weighted by atomic mass is 9.97. The van der Waals surface area contributed by atoms with E-state index in [0.717, 1.165) is 5.56 Å². The van der Waals surface area contributed by atoms with Gasteiger partial charge in [-0.15, -0.1) is 0 Å². The van der Waals surface area contributed by atoms with Gasteiger partial charge in [0.1, 0.15) is 4.90 Å². The predicted octanol–water partition coefficient (Wildman–Crippen LogP) is 3.42. The van der Waals surface area contributed by atoms with Crippen LogP contribution in [0.5, 0.6) is 0 Å². The van der Waals surface area contributed by atoms with Crippen LogP contribution >= 0.6 is 11.6 Å². The molecule has 1 saturated heterocycles. The Kier molecular flexibility index (Phi) is 6.59. The molecular weight excluding hydrogens is 452 g/mol. The van der Waals surface area contributed by atoms with E-state index in [9.17, 15) is 13.2 Å². The van der Waals surface area contributed by atoms with Crippen molar-refractivity contribution in [3.05, 3.63) is 65.0 Å². The summed E-state index contributed by atoms with van der Waals surface area (Å²) >= 11 is 6.24. The normalized spacial score (nSPS) is 15.6. The van der Waals surface area contributed by atoms with Gasteiger partial charge in [0.05, 0.1) is 5.02 Å². The molecule has 0 radical (unpaired) electrons. The number of rotatable bonds is 6. The van der Waals surface area contributed by atoms with Gasteiger partial charge in [-0.3, -0.25) is 4.79 Å². The lowest BCUT2D eigenvalue weighted by molar-refractivity contribution is -0.126. The van der Waals surface area contributed by atoms with Crippen LogP contribution in [0.15, 0.2) is 57.9 Å². The number of sulfonamides is 1. The lowest BCUT2D eigenvalue weighted by Gasteiger charge is -2.30. The van der Waals surface area contributed by atoms with E-state index in [1.54, 1.807) is 13.0 Å². The Hall–Kier alpha value is -2.75. The van der Waals surface area contributed by atoms with Gasteiger partial charge in [-0.25, -0.2) is 8.42 Å². The summed E-state index contributed by atoms with van der Waals surface area (Å²) in [6.45, 7) is 2.60. The largest absolute Gasteiger partial charge is 0.352 e. The number of carbonyl (C=O) groups is 1. The number of piperidine rings is 1. The molecule has 0 spiro atoms. The van der Waals surface area contributed by atoms with Gasteiger partial charge in [0, 0.05) is 38.0 Å². The van der Waals surface area contributed by atoms with E-state index >= 15 is 0 Å². The molecule has 0 saturated carbocycles. The van der Waals surface area contributed by atoms with Crippen LogP contribution in [-0.4, -0.2) is 41.9 Å². The van der Waals surface area contributed by atoms with Gasteiger partial charge in [0.25, 0.3) is 0 Å². The smallest absolute Gasteiger partial charge is 0.244 e. The first-order chi connectivity index (χ1) is 15.3. The second-order valence-electron chi connectivity index (χ2n) is 7.66. The average molecular weight is 475 g/mol. The van der Waals surface area contributed by atoms with Gasteiger partial charge in [0.15, 0.2) is 0 Å². The molecular formula is C22H23ClN4O4S. The molecule has 0 bridgehead atoms. The number of carbonyl (C=O) groups excluding carboxylic acids is 1. The summed E-state index contributed by atoms with van der Waals surface area (Å²) in [6.07, 6.45) is 0.891. The molecule has 1 N–H and O–H groups in total. The summed E-state index contributed by atoms with van der Waals surface area (Å²) in [5.74, 6) is 0.393. The minimum absolute atomic E-state index is 0.00824. The number of nitrogens with zero attached hydrogens (tertiary/aromatic N) is 3. The first-order valence-corrected chi connectivity index (χ1v) is 12.1. The Bertz CT molecular complexity index is 1210. The van der Waals surface area contributed by atoms with Crippen molar-refractivity contribution in [3.63, 3.8) is 0 Å². The predicted molar refractivity (Wildman–Crippen MR) is 119 cm³/mol. The average Bonchev–Trinajstić information content (AvgIpc) is 3.24. The standard InChI is InChI=1S/C22H23ClN4O4S/c1-15-25-21(26-31-15)18-7-8-19(23)20(13-18)32(29,30)27-11-9-17(10-12-27)22(28)24-14-16-5-3-2-4-6-16/h2-8,13,17H,9-12,14H2,1H3,(H,24,28). The summed E-state index contributed by atoms with van der Waals surface area (Å²) in [5.41, 5.74) is 1.52. The molecule has 168 valence electrons. The van der Waals surface area contributed by atoms with Gasteiger partial charge >= 0.3 is 0 Å². The van der Waals surface area contributed by atoms with Gasteiger partial charge in [-0.1, -0.05) is 47.1 Å². The molecule has 0 atom stereocenters. The fourth-order valence-corrected chi connectivity index (χ4v) is 5.65. The fraction of sp³-hybridized carbons (Fsp3) is 0.318. The van der Waals surface area contributed by atoms with Crippen molar-refractivity contribution >= 4 is 27.5 Å². The van der Waals surface area contributed by atoms with Crippen LogP contribution in [0.25, 0.3) is 11.4 Å². The monoisotopic (exact) mass is 474 g/mol. The maximum Gasteiger partial charge on any atom is 0.244 e. The van der Waals surface area contributed by atoms with Crippen LogP contribution in [0.1, 0.15) is 24.3 Å². The quantitative estimate of drug-likeness (QED) is 0.586. The maximum atomic E-state index is 13.3. The molecule has 0 unspecified atom stereocenters. The van der Waals surface area contributed by atoms with Crippen molar-refractivity contribution in [3.8, 4) is 11.4 Å². The van der Waals surface area contributed by atoms with Gasteiger partial charge in [0.2, 0.25) is 27.6 Å². The zero-order chi connectivity index (χ0) is 22.7. The van der Waals surface area contributed by atoms with Crippen molar-refractivity contribution in [2.24, 2.45) is 5.92 Å². The van der Waals surface area contributed by atoms with E-state index in [4.69, 9.17) is 16.1 Å². The van der Waals surface area contributed by atoms with Crippen molar-refractivity contribution in [1.82, 2.24) is 19.8 Å². The number of benzene rings is 2. The van der Waals surface area contributed by atoms with Gasteiger partial charge < -0.3 is 9.84 Å². The molecule has 10 heteroatoms. The molecule has 1 fully saturated rings. The molecule has 2 aromatic carbocycles. The van der Waals surface area contributed by atoms with Crippen molar-refractivity contribution < 1.29 is 17.7 Å². The second kappa shape index (κ2) is 9.40. The third-order valence-corrected chi connectivity index (χ3v) is 7.85. The zero-order valence-corrected chi connectivity index (χ0v) is 19.1. The Morgan fingerprint density at radius 3 is 2.56 bits per heavy atom. The first-order valence-electron chi connectivity index (χ1n) is 10.3. The number of hydrogen-bond donors (Lipinski definition) is 1. The molecule has 1 aliphatic rings. The summed E-state index contributed by atoms with van der Waals surface area (Å²) in [4.78, 5) is 16.7. The van der Waals surface area contributed by atoms with E-state index in [0.29, 0.717) is 36.7 Å². The molecule has 1 amide bonds. The first kappa shape index (κ1) is 22.4. The fourth-order valence-electron chi connectivity index (χ4n) is 3.68. The number of aryl methyl sites for hydroxylation is 1. The number of nitrogens with one attached hydrogen (secondary N) is 1. The summed E-state index contributed by atoms with van der Waals surface area (Å²) < 4.78 is 32.9. The van der Waals surface area contributed by atoms with E-state index in [1.165, 1.54) is 16.4 Å². The summed E-state index contributed by atoms with van der Waals surface area (Å²) in [6, 6.07) is 14.3. The highest BCUT2D eigenvalue weighted by Gasteiger charge is 2.33. The molecule has 0 aliphatic carbocycles. The number of aromatic nitrogens is 2. The van der Waals surface area contributed by atoms with E-state index in [1.807, 2.05) is 30.3 Å². The summed E-state index contributed by atoms with van der Waals surface area (Å²) in [7, 11) is -3.84. The van der Waals surface area contributed by atoms with Crippen LogP contribution in [-0.2, 0) is 21.4 Å².